The Balaban J connectivity index is 1.96. The Morgan fingerprint density at radius 1 is 1.07 bits per heavy atom. The average molecular weight is 188 g/mol. The van der Waals surface area contributed by atoms with Crippen LogP contribution in [0.1, 0.15) is 38.2 Å². The first kappa shape index (κ1) is 9.76. The topological polar surface area (TPSA) is 0 Å². The third kappa shape index (κ3) is 2.37. The molecule has 0 heterocycles. The molecule has 1 aliphatic carbocycles. The van der Waals surface area contributed by atoms with Gasteiger partial charge in [-0.2, -0.15) is 0 Å². The molecule has 0 nitrogen and oxygen atoms in total. The van der Waals surface area contributed by atoms with E-state index in [1.807, 2.05) is 0 Å². The number of rotatable bonds is 2. The van der Waals surface area contributed by atoms with E-state index in [-0.39, 0.29) is 0 Å². The van der Waals surface area contributed by atoms with E-state index in [9.17, 15) is 0 Å². The minimum Gasteiger partial charge on any atom is -0.0622 e. The standard InChI is InChI=1S/C14H20/c1-12-7-5-6-10-14(12)11-13-8-3-2-4-9-13/h2-4,8-9,12,14H,5-7,10-11H2,1H3/t12?,14-/m1/s1. The lowest BCUT2D eigenvalue weighted by atomic mass is 9.77. The summed E-state index contributed by atoms with van der Waals surface area (Å²) in [6.45, 7) is 2.42. The molecule has 0 heteroatoms. The monoisotopic (exact) mass is 188 g/mol. The van der Waals surface area contributed by atoms with Crippen molar-refractivity contribution in [3.8, 4) is 0 Å². The highest BCUT2D eigenvalue weighted by Crippen LogP contribution is 2.31. The third-order valence-electron chi connectivity index (χ3n) is 3.63. The van der Waals surface area contributed by atoms with Crippen LogP contribution in [0.2, 0.25) is 0 Å². The molecule has 76 valence electrons. The summed E-state index contributed by atoms with van der Waals surface area (Å²) in [4.78, 5) is 0. The van der Waals surface area contributed by atoms with Gasteiger partial charge in [0, 0.05) is 0 Å². The molecule has 2 rings (SSSR count). The van der Waals surface area contributed by atoms with Gasteiger partial charge < -0.3 is 0 Å². The van der Waals surface area contributed by atoms with Gasteiger partial charge in [0.2, 0.25) is 0 Å². The van der Waals surface area contributed by atoms with Crippen LogP contribution in [0.3, 0.4) is 0 Å². The molecule has 0 spiro atoms. The molecular formula is C14H20. The van der Waals surface area contributed by atoms with Crippen molar-refractivity contribution in [2.24, 2.45) is 11.8 Å². The van der Waals surface area contributed by atoms with E-state index in [0.29, 0.717) is 0 Å². The zero-order chi connectivity index (χ0) is 9.80. The van der Waals surface area contributed by atoms with Crippen LogP contribution in [0.4, 0.5) is 0 Å². The fourth-order valence-corrected chi connectivity index (χ4v) is 2.61. The van der Waals surface area contributed by atoms with Crippen molar-refractivity contribution in [2.45, 2.75) is 39.0 Å². The molecule has 1 aliphatic rings. The Hall–Kier alpha value is -0.780. The predicted octanol–water partition coefficient (Wildman–Crippen LogP) is 4.06. The van der Waals surface area contributed by atoms with E-state index in [4.69, 9.17) is 0 Å². The van der Waals surface area contributed by atoms with Crippen molar-refractivity contribution in [1.82, 2.24) is 0 Å². The highest BCUT2D eigenvalue weighted by Gasteiger charge is 2.20. The van der Waals surface area contributed by atoms with E-state index < -0.39 is 0 Å². The minimum atomic E-state index is 0.934. The van der Waals surface area contributed by atoms with Gasteiger partial charge in [0.15, 0.2) is 0 Å². The molecule has 0 aromatic heterocycles. The molecule has 0 bridgehead atoms. The summed E-state index contributed by atoms with van der Waals surface area (Å²) in [7, 11) is 0. The minimum absolute atomic E-state index is 0.934. The molecule has 1 aromatic rings. The Kier molecular flexibility index (Phi) is 3.23. The summed E-state index contributed by atoms with van der Waals surface area (Å²) in [6.07, 6.45) is 7.07. The first-order valence-electron chi connectivity index (χ1n) is 5.90. The lowest BCUT2D eigenvalue weighted by Crippen LogP contribution is -2.18. The van der Waals surface area contributed by atoms with Gasteiger partial charge in [0.25, 0.3) is 0 Å². The van der Waals surface area contributed by atoms with Gasteiger partial charge in [0.1, 0.15) is 0 Å². The fraction of sp³-hybridized carbons (Fsp3) is 0.571. The van der Waals surface area contributed by atoms with Gasteiger partial charge in [0.05, 0.1) is 0 Å². The van der Waals surface area contributed by atoms with Crippen LogP contribution in [-0.4, -0.2) is 0 Å². The van der Waals surface area contributed by atoms with E-state index >= 15 is 0 Å². The Morgan fingerprint density at radius 3 is 2.50 bits per heavy atom. The smallest absolute Gasteiger partial charge is 0.0248 e. The van der Waals surface area contributed by atoms with Crippen molar-refractivity contribution in [2.75, 3.05) is 0 Å². The van der Waals surface area contributed by atoms with Crippen molar-refractivity contribution in [1.29, 1.82) is 0 Å². The van der Waals surface area contributed by atoms with E-state index in [2.05, 4.69) is 37.3 Å². The molecule has 1 unspecified atom stereocenters. The Bertz CT molecular complexity index is 263. The summed E-state index contributed by atoms with van der Waals surface area (Å²) in [6, 6.07) is 10.9. The Labute approximate surface area is 87.3 Å². The SMILES string of the molecule is CC1CCCC[C@@H]1Cc1ccccc1. The first-order valence-corrected chi connectivity index (χ1v) is 5.90. The molecule has 14 heavy (non-hydrogen) atoms. The quantitative estimate of drug-likeness (QED) is 0.656. The summed E-state index contributed by atoms with van der Waals surface area (Å²) in [5, 5.41) is 0. The Morgan fingerprint density at radius 2 is 1.79 bits per heavy atom. The maximum Gasteiger partial charge on any atom is -0.0248 e. The van der Waals surface area contributed by atoms with E-state index in [1.54, 1.807) is 0 Å². The molecule has 0 radical (unpaired) electrons. The van der Waals surface area contributed by atoms with Crippen LogP contribution in [0.15, 0.2) is 30.3 Å². The molecule has 0 saturated heterocycles. The van der Waals surface area contributed by atoms with Crippen LogP contribution in [0, 0.1) is 11.8 Å². The molecule has 1 fully saturated rings. The highest BCUT2D eigenvalue weighted by molar-refractivity contribution is 5.15. The number of benzene rings is 1. The molecule has 0 amide bonds. The van der Waals surface area contributed by atoms with Crippen LogP contribution >= 0.6 is 0 Å². The molecule has 1 aromatic carbocycles. The van der Waals surface area contributed by atoms with Gasteiger partial charge in [-0.05, 0) is 30.2 Å². The molecule has 0 N–H and O–H groups in total. The zero-order valence-electron chi connectivity index (χ0n) is 9.08. The molecular weight excluding hydrogens is 168 g/mol. The summed E-state index contributed by atoms with van der Waals surface area (Å²) in [5.74, 6) is 1.87. The van der Waals surface area contributed by atoms with Crippen molar-refractivity contribution < 1.29 is 0 Å². The van der Waals surface area contributed by atoms with Crippen LogP contribution in [0.25, 0.3) is 0 Å². The van der Waals surface area contributed by atoms with Crippen LogP contribution in [0.5, 0.6) is 0 Å². The van der Waals surface area contributed by atoms with Gasteiger partial charge >= 0.3 is 0 Å². The van der Waals surface area contributed by atoms with Crippen LogP contribution in [-0.2, 0) is 6.42 Å². The fourth-order valence-electron chi connectivity index (χ4n) is 2.61. The second-order valence-corrected chi connectivity index (χ2v) is 4.71. The van der Waals surface area contributed by atoms with Crippen molar-refractivity contribution >= 4 is 0 Å². The maximum absolute atomic E-state index is 2.42. The van der Waals surface area contributed by atoms with Gasteiger partial charge in [-0.3, -0.25) is 0 Å². The van der Waals surface area contributed by atoms with Gasteiger partial charge in [-0.25, -0.2) is 0 Å². The highest BCUT2D eigenvalue weighted by atomic mass is 14.3. The number of hydrogen-bond acceptors (Lipinski definition) is 0. The second kappa shape index (κ2) is 4.63. The van der Waals surface area contributed by atoms with Gasteiger partial charge in [-0.1, -0.05) is 56.5 Å². The zero-order valence-corrected chi connectivity index (χ0v) is 9.08. The van der Waals surface area contributed by atoms with Crippen molar-refractivity contribution in [3.05, 3.63) is 35.9 Å². The normalized spacial score (nSPS) is 27.5. The van der Waals surface area contributed by atoms with E-state index in [0.717, 1.165) is 11.8 Å². The average Bonchev–Trinajstić information content (AvgIpc) is 2.23. The van der Waals surface area contributed by atoms with Crippen molar-refractivity contribution in [3.63, 3.8) is 0 Å². The molecule has 0 aliphatic heterocycles. The van der Waals surface area contributed by atoms with Crippen LogP contribution < -0.4 is 0 Å². The largest absolute Gasteiger partial charge is 0.0622 e. The summed E-state index contributed by atoms with van der Waals surface area (Å²) < 4.78 is 0. The lowest BCUT2D eigenvalue weighted by molar-refractivity contribution is 0.255. The van der Waals surface area contributed by atoms with Gasteiger partial charge in [-0.15, -0.1) is 0 Å². The predicted molar refractivity (Wildman–Crippen MR) is 61.3 cm³/mol. The maximum atomic E-state index is 2.42. The molecule has 2 atom stereocenters. The summed E-state index contributed by atoms with van der Waals surface area (Å²) >= 11 is 0. The third-order valence-corrected chi connectivity index (χ3v) is 3.63. The summed E-state index contributed by atoms with van der Waals surface area (Å²) in [5.41, 5.74) is 1.52. The second-order valence-electron chi connectivity index (χ2n) is 4.71. The lowest BCUT2D eigenvalue weighted by Gasteiger charge is -2.28. The number of hydrogen-bond donors (Lipinski definition) is 0. The first-order chi connectivity index (χ1) is 6.86. The molecule has 1 saturated carbocycles. The van der Waals surface area contributed by atoms with E-state index in [1.165, 1.54) is 37.7 Å².